The summed E-state index contributed by atoms with van der Waals surface area (Å²) in [4.78, 5) is 12.0. The summed E-state index contributed by atoms with van der Waals surface area (Å²) < 4.78 is 0.743. The molecule has 1 aromatic rings. The molecule has 2 rings (SSSR count). The van der Waals surface area contributed by atoms with Gasteiger partial charge >= 0.3 is 0 Å². The van der Waals surface area contributed by atoms with Crippen molar-refractivity contribution in [3.8, 4) is 5.75 Å². The van der Waals surface area contributed by atoms with Gasteiger partial charge in [-0.2, -0.15) is 0 Å². The Kier molecular flexibility index (Phi) is 4.45. The molecule has 98 valence electrons. The lowest BCUT2D eigenvalue weighted by Crippen LogP contribution is -2.40. The fraction of sp³-hybridized carbons (Fsp3) is 0.462. The highest BCUT2D eigenvalue weighted by atomic mass is 127. The van der Waals surface area contributed by atoms with Crippen LogP contribution in [-0.4, -0.2) is 23.1 Å². The van der Waals surface area contributed by atoms with E-state index in [0.29, 0.717) is 5.56 Å². The monoisotopic (exact) mass is 360 g/mol. The largest absolute Gasteiger partial charge is 0.507 e. The number of hydrogen-bond acceptors (Lipinski definition) is 3. The van der Waals surface area contributed by atoms with Gasteiger partial charge < -0.3 is 16.2 Å². The lowest BCUT2D eigenvalue weighted by Gasteiger charge is -2.26. The molecule has 1 fully saturated rings. The third-order valence-electron chi connectivity index (χ3n) is 3.32. The number of benzene rings is 1. The molecule has 1 amide bonds. The fourth-order valence-electron chi connectivity index (χ4n) is 2.19. The van der Waals surface area contributed by atoms with Gasteiger partial charge in [-0.25, -0.2) is 0 Å². The maximum atomic E-state index is 12.0. The number of phenolic OH excluding ortho intramolecular Hbond substituents is 1. The molecule has 1 aliphatic rings. The smallest absolute Gasteiger partial charge is 0.251 e. The molecule has 0 bridgehead atoms. The van der Waals surface area contributed by atoms with E-state index >= 15 is 0 Å². The van der Waals surface area contributed by atoms with Crippen molar-refractivity contribution in [3.05, 3.63) is 27.3 Å². The first-order valence-corrected chi connectivity index (χ1v) is 7.19. The predicted molar refractivity (Wildman–Crippen MR) is 78.5 cm³/mol. The van der Waals surface area contributed by atoms with Gasteiger partial charge in [0.25, 0.3) is 5.91 Å². The van der Waals surface area contributed by atoms with Gasteiger partial charge in [0.05, 0.1) is 3.57 Å². The number of carbonyl (C=O) groups excluding carboxylic acids is 1. The van der Waals surface area contributed by atoms with Crippen LogP contribution in [0.3, 0.4) is 0 Å². The minimum absolute atomic E-state index is 0.123. The van der Waals surface area contributed by atoms with E-state index < -0.39 is 0 Å². The number of carbonyl (C=O) groups is 1. The van der Waals surface area contributed by atoms with Crippen molar-refractivity contribution in [2.45, 2.75) is 37.8 Å². The molecule has 0 atom stereocenters. The molecule has 0 aliphatic heterocycles. The maximum absolute atomic E-state index is 12.0. The highest BCUT2D eigenvalue weighted by Gasteiger charge is 2.20. The molecule has 0 unspecified atom stereocenters. The predicted octanol–water partition coefficient (Wildman–Crippen LogP) is 2.00. The molecule has 0 saturated heterocycles. The molecule has 0 aromatic heterocycles. The van der Waals surface area contributed by atoms with Gasteiger partial charge in [0.1, 0.15) is 5.75 Å². The lowest BCUT2D eigenvalue weighted by atomic mass is 9.91. The van der Waals surface area contributed by atoms with Gasteiger partial charge in [-0.3, -0.25) is 4.79 Å². The highest BCUT2D eigenvalue weighted by molar-refractivity contribution is 14.1. The van der Waals surface area contributed by atoms with Crippen molar-refractivity contribution in [1.82, 2.24) is 5.32 Å². The molecule has 4 N–H and O–H groups in total. The van der Waals surface area contributed by atoms with Crippen LogP contribution < -0.4 is 11.1 Å². The van der Waals surface area contributed by atoms with Crippen LogP contribution in [0.2, 0.25) is 0 Å². The van der Waals surface area contributed by atoms with Gasteiger partial charge in [0.15, 0.2) is 0 Å². The minimum atomic E-state index is -0.123. The molecule has 5 heteroatoms. The van der Waals surface area contributed by atoms with Crippen LogP contribution in [0, 0.1) is 3.57 Å². The zero-order chi connectivity index (χ0) is 13.1. The normalized spacial score (nSPS) is 23.7. The van der Waals surface area contributed by atoms with Crippen LogP contribution in [0.5, 0.6) is 5.75 Å². The number of nitrogens with two attached hydrogens (primary N) is 1. The Hall–Kier alpha value is -0.820. The number of rotatable bonds is 2. The summed E-state index contributed by atoms with van der Waals surface area (Å²) in [6.07, 6.45) is 3.79. The summed E-state index contributed by atoms with van der Waals surface area (Å²) in [5.74, 6) is 0.0242. The maximum Gasteiger partial charge on any atom is 0.251 e. The number of amides is 1. The van der Waals surface area contributed by atoms with Gasteiger partial charge in [-0.1, -0.05) is 0 Å². The van der Waals surface area contributed by atoms with E-state index in [2.05, 4.69) is 5.32 Å². The summed E-state index contributed by atoms with van der Waals surface area (Å²) >= 11 is 2.03. The van der Waals surface area contributed by atoms with Gasteiger partial charge in [-0.05, 0) is 66.5 Å². The molecule has 4 nitrogen and oxygen atoms in total. The molecule has 1 saturated carbocycles. The Morgan fingerprint density at radius 2 is 2.00 bits per heavy atom. The second-order valence-electron chi connectivity index (χ2n) is 4.75. The fourth-order valence-corrected chi connectivity index (χ4v) is 2.52. The van der Waals surface area contributed by atoms with E-state index in [0.717, 1.165) is 29.3 Å². The first-order valence-electron chi connectivity index (χ1n) is 6.11. The summed E-state index contributed by atoms with van der Waals surface area (Å²) in [5.41, 5.74) is 6.33. The van der Waals surface area contributed by atoms with Crippen LogP contribution in [0.4, 0.5) is 0 Å². The molecule has 18 heavy (non-hydrogen) atoms. The summed E-state index contributed by atoms with van der Waals surface area (Å²) in [7, 11) is 0. The van der Waals surface area contributed by atoms with Crippen LogP contribution in [-0.2, 0) is 0 Å². The van der Waals surface area contributed by atoms with Gasteiger partial charge in [0, 0.05) is 17.6 Å². The zero-order valence-corrected chi connectivity index (χ0v) is 12.2. The third-order valence-corrected chi connectivity index (χ3v) is 4.23. The molecule has 1 aromatic carbocycles. The Balaban J connectivity index is 1.97. The Bertz CT molecular complexity index is 443. The topological polar surface area (TPSA) is 75.3 Å². The molecular weight excluding hydrogens is 343 g/mol. The Labute approximate surface area is 120 Å². The van der Waals surface area contributed by atoms with Crippen molar-refractivity contribution in [3.63, 3.8) is 0 Å². The molecule has 1 aliphatic carbocycles. The second-order valence-corrected chi connectivity index (χ2v) is 5.91. The lowest BCUT2D eigenvalue weighted by molar-refractivity contribution is 0.0925. The van der Waals surface area contributed by atoms with E-state index in [9.17, 15) is 9.90 Å². The standard InChI is InChI=1S/C13H17IN2O2/c14-11-6-1-8(7-12(11)17)13(18)16-10-4-2-9(15)3-5-10/h1,6-7,9-10,17H,2-5,15H2,(H,16,18). The first-order chi connectivity index (χ1) is 8.56. The van der Waals surface area contributed by atoms with E-state index in [4.69, 9.17) is 5.73 Å². The number of hydrogen-bond donors (Lipinski definition) is 3. The first kappa shape index (κ1) is 13.6. The van der Waals surface area contributed by atoms with Crippen molar-refractivity contribution in [2.24, 2.45) is 5.73 Å². The van der Waals surface area contributed by atoms with Crippen LogP contribution in [0.15, 0.2) is 18.2 Å². The summed E-state index contributed by atoms with van der Waals surface area (Å²) in [6, 6.07) is 5.46. The Morgan fingerprint density at radius 1 is 1.33 bits per heavy atom. The van der Waals surface area contributed by atoms with Gasteiger partial charge in [0.2, 0.25) is 0 Å². The average molecular weight is 360 g/mol. The number of aromatic hydroxyl groups is 1. The zero-order valence-electron chi connectivity index (χ0n) is 10.0. The van der Waals surface area contributed by atoms with Crippen LogP contribution >= 0.6 is 22.6 Å². The van der Waals surface area contributed by atoms with Crippen LogP contribution in [0.25, 0.3) is 0 Å². The Morgan fingerprint density at radius 3 is 2.61 bits per heavy atom. The quantitative estimate of drug-likeness (QED) is 0.707. The van der Waals surface area contributed by atoms with E-state index in [1.807, 2.05) is 22.6 Å². The number of phenols is 1. The van der Waals surface area contributed by atoms with Crippen LogP contribution in [0.1, 0.15) is 36.0 Å². The molecular formula is C13H17IN2O2. The van der Waals surface area contributed by atoms with Crippen molar-refractivity contribution >= 4 is 28.5 Å². The van der Waals surface area contributed by atoms with Crippen molar-refractivity contribution < 1.29 is 9.90 Å². The van der Waals surface area contributed by atoms with E-state index in [1.54, 1.807) is 12.1 Å². The second kappa shape index (κ2) is 5.88. The SMILES string of the molecule is NC1CCC(NC(=O)c2ccc(I)c(O)c2)CC1. The third kappa shape index (κ3) is 3.35. The average Bonchev–Trinajstić information content (AvgIpc) is 2.35. The molecule has 0 heterocycles. The van der Waals surface area contributed by atoms with E-state index in [-0.39, 0.29) is 23.7 Å². The highest BCUT2D eigenvalue weighted by Crippen LogP contribution is 2.21. The molecule has 0 radical (unpaired) electrons. The summed E-state index contributed by atoms with van der Waals surface area (Å²) in [5, 5.41) is 12.6. The number of halogens is 1. The van der Waals surface area contributed by atoms with Crippen molar-refractivity contribution in [2.75, 3.05) is 0 Å². The van der Waals surface area contributed by atoms with E-state index in [1.165, 1.54) is 6.07 Å². The summed E-state index contributed by atoms with van der Waals surface area (Å²) in [6.45, 7) is 0. The molecule has 0 spiro atoms. The number of nitrogens with one attached hydrogen (secondary N) is 1. The van der Waals surface area contributed by atoms with Crippen molar-refractivity contribution in [1.29, 1.82) is 0 Å². The minimum Gasteiger partial charge on any atom is -0.507 e. The van der Waals surface area contributed by atoms with Gasteiger partial charge in [-0.15, -0.1) is 0 Å².